The highest BCUT2D eigenvalue weighted by Crippen LogP contribution is 2.21. The summed E-state index contributed by atoms with van der Waals surface area (Å²) in [5.74, 6) is 1.31. The summed E-state index contributed by atoms with van der Waals surface area (Å²) >= 11 is 0. The molecular formula is C15H21NO4. The monoisotopic (exact) mass is 279 g/mol. The number of ether oxygens (including phenoxy) is 2. The maximum atomic E-state index is 11.9. The van der Waals surface area contributed by atoms with Crippen LogP contribution in [0.15, 0.2) is 24.3 Å². The van der Waals surface area contributed by atoms with Gasteiger partial charge in [-0.05, 0) is 44.5 Å². The van der Waals surface area contributed by atoms with Crippen molar-refractivity contribution in [3.05, 3.63) is 24.3 Å². The van der Waals surface area contributed by atoms with Crippen LogP contribution in [0.4, 0.5) is 0 Å². The summed E-state index contributed by atoms with van der Waals surface area (Å²) in [6.07, 6.45) is 0.613. The Balaban J connectivity index is 1.81. The quantitative estimate of drug-likeness (QED) is 0.886. The van der Waals surface area contributed by atoms with E-state index in [1.54, 1.807) is 24.0 Å². The first-order valence-corrected chi connectivity index (χ1v) is 6.86. The first-order valence-electron chi connectivity index (χ1n) is 6.86. The molecule has 5 nitrogen and oxygen atoms in total. The van der Waals surface area contributed by atoms with Gasteiger partial charge in [0.1, 0.15) is 11.5 Å². The van der Waals surface area contributed by atoms with Gasteiger partial charge in [-0.3, -0.25) is 4.79 Å². The normalized spacial score (nSPS) is 21.9. The summed E-state index contributed by atoms with van der Waals surface area (Å²) in [4.78, 5) is 13.6. The van der Waals surface area contributed by atoms with Gasteiger partial charge in [0.25, 0.3) is 5.91 Å². The van der Waals surface area contributed by atoms with Crippen LogP contribution in [-0.4, -0.2) is 47.8 Å². The van der Waals surface area contributed by atoms with E-state index in [-0.39, 0.29) is 12.5 Å². The molecule has 0 spiro atoms. The fourth-order valence-corrected chi connectivity index (χ4v) is 2.19. The van der Waals surface area contributed by atoms with Crippen LogP contribution in [0.5, 0.6) is 11.5 Å². The number of carbonyl (C=O) groups excluding carboxylic acids is 1. The predicted molar refractivity (Wildman–Crippen MR) is 74.9 cm³/mol. The summed E-state index contributed by atoms with van der Waals surface area (Å²) in [6.45, 7) is 5.23. The molecular weight excluding hydrogens is 258 g/mol. The Labute approximate surface area is 119 Å². The van der Waals surface area contributed by atoms with E-state index in [9.17, 15) is 9.90 Å². The van der Waals surface area contributed by atoms with Crippen LogP contribution in [0.1, 0.15) is 20.3 Å². The number of amides is 1. The predicted octanol–water partition coefficient (Wildman–Crippen LogP) is 1.45. The fourth-order valence-electron chi connectivity index (χ4n) is 2.19. The van der Waals surface area contributed by atoms with E-state index in [1.165, 1.54) is 0 Å². The van der Waals surface area contributed by atoms with Crippen LogP contribution in [-0.2, 0) is 4.79 Å². The van der Waals surface area contributed by atoms with Gasteiger partial charge in [0.2, 0.25) is 0 Å². The molecule has 1 heterocycles. The van der Waals surface area contributed by atoms with E-state index in [0.717, 1.165) is 5.75 Å². The third-order valence-electron chi connectivity index (χ3n) is 3.30. The van der Waals surface area contributed by atoms with Crippen LogP contribution in [0, 0.1) is 0 Å². The summed E-state index contributed by atoms with van der Waals surface area (Å²) in [5.41, 5.74) is -0.769. The van der Waals surface area contributed by atoms with Gasteiger partial charge in [-0.2, -0.15) is 0 Å². The van der Waals surface area contributed by atoms with Gasteiger partial charge in [-0.15, -0.1) is 0 Å². The van der Waals surface area contributed by atoms with Crippen molar-refractivity contribution < 1.29 is 19.4 Å². The van der Waals surface area contributed by atoms with E-state index in [4.69, 9.17) is 9.47 Å². The Hall–Kier alpha value is -1.75. The van der Waals surface area contributed by atoms with Crippen molar-refractivity contribution in [3.8, 4) is 11.5 Å². The Bertz CT molecular complexity index is 455. The van der Waals surface area contributed by atoms with Crippen molar-refractivity contribution in [2.24, 2.45) is 0 Å². The van der Waals surface area contributed by atoms with Crippen LogP contribution in [0.3, 0.4) is 0 Å². The van der Waals surface area contributed by atoms with Crippen molar-refractivity contribution in [2.75, 3.05) is 26.3 Å². The molecule has 1 aliphatic heterocycles. The Morgan fingerprint density at radius 1 is 1.30 bits per heavy atom. The number of nitrogens with zero attached hydrogens (tertiary/aromatic N) is 1. The number of rotatable bonds is 5. The molecule has 1 amide bonds. The Kier molecular flexibility index (Phi) is 4.49. The molecule has 20 heavy (non-hydrogen) atoms. The average molecular weight is 279 g/mol. The average Bonchev–Trinajstić information content (AvgIpc) is 2.78. The Morgan fingerprint density at radius 2 is 1.90 bits per heavy atom. The van der Waals surface area contributed by atoms with Crippen LogP contribution in [0.2, 0.25) is 0 Å². The van der Waals surface area contributed by atoms with Crippen molar-refractivity contribution in [3.63, 3.8) is 0 Å². The molecule has 0 radical (unpaired) electrons. The summed E-state index contributed by atoms with van der Waals surface area (Å²) in [7, 11) is 0. The molecule has 1 saturated heterocycles. The number of carbonyl (C=O) groups is 1. The second-order valence-corrected chi connectivity index (χ2v) is 5.26. The zero-order valence-electron chi connectivity index (χ0n) is 12.0. The van der Waals surface area contributed by atoms with Crippen LogP contribution in [0.25, 0.3) is 0 Å². The molecule has 0 bridgehead atoms. The van der Waals surface area contributed by atoms with Gasteiger partial charge >= 0.3 is 0 Å². The minimum atomic E-state index is -0.769. The lowest BCUT2D eigenvalue weighted by molar-refractivity contribution is -0.133. The molecule has 1 fully saturated rings. The second-order valence-electron chi connectivity index (χ2n) is 5.26. The highest BCUT2D eigenvalue weighted by molar-refractivity contribution is 5.78. The first-order chi connectivity index (χ1) is 9.50. The highest BCUT2D eigenvalue weighted by Gasteiger charge is 2.33. The zero-order valence-corrected chi connectivity index (χ0v) is 12.0. The van der Waals surface area contributed by atoms with Crippen molar-refractivity contribution >= 4 is 5.91 Å². The van der Waals surface area contributed by atoms with Crippen LogP contribution >= 0.6 is 0 Å². The topological polar surface area (TPSA) is 59.0 Å². The SMILES string of the molecule is CCOc1ccc(OCC(=O)N2CCC(C)(O)C2)cc1. The van der Waals surface area contributed by atoms with E-state index < -0.39 is 5.60 Å². The van der Waals surface area contributed by atoms with E-state index >= 15 is 0 Å². The molecule has 1 aliphatic rings. The summed E-state index contributed by atoms with van der Waals surface area (Å²) in [6, 6.07) is 7.17. The van der Waals surface area contributed by atoms with E-state index in [0.29, 0.717) is 31.9 Å². The zero-order chi connectivity index (χ0) is 14.6. The third-order valence-corrected chi connectivity index (χ3v) is 3.30. The van der Waals surface area contributed by atoms with Gasteiger partial charge in [-0.25, -0.2) is 0 Å². The first kappa shape index (κ1) is 14.7. The largest absolute Gasteiger partial charge is 0.494 e. The van der Waals surface area contributed by atoms with E-state index in [1.807, 2.05) is 19.1 Å². The fraction of sp³-hybridized carbons (Fsp3) is 0.533. The summed E-state index contributed by atoms with van der Waals surface area (Å²) in [5, 5.41) is 9.83. The van der Waals surface area contributed by atoms with Gasteiger partial charge in [-0.1, -0.05) is 0 Å². The standard InChI is InChI=1S/C15H21NO4/c1-3-19-12-4-6-13(7-5-12)20-10-14(17)16-9-8-15(2,18)11-16/h4-7,18H,3,8-11H2,1-2H3. The minimum absolute atomic E-state index is 0.00986. The molecule has 1 aromatic carbocycles. The number of β-amino-alcohol motifs (C(OH)–C–C–N with tert-alkyl or cyclic N) is 1. The minimum Gasteiger partial charge on any atom is -0.494 e. The molecule has 5 heteroatoms. The smallest absolute Gasteiger partial charge is 0.260 e. The second kappa shape index (κ2) is 6.13. The molecule has 0 aromatic heterocycles. The maximum absolute atomic E-state index is 11.9. The highest BCUT2D eigenvalue weighted by atomic mass is 16.5. The van der Waals surface area contributed by atoms with Gasteiger partial charge in [0, 0.05) is 13.1 Å². The number of benzene rings is 1. The van der Waals surface area contributed by atoms with Gasteiger partial charge in [0.05, 0.1) is 12.2 Å². The number of hydrogen-bond acceptors (Lipinski definition) is 4. The maximum Gasteiger partial charge on any atom is 0.260 e. The third kappa shape index (κ3) is 3.87. The Morgan fingerprint density at radius 3 is 2.40 bits per heavy atom. The molecule has 1 aromatic rings. The molecule has 1 N–H and O–H groups in total. The van der Waals surface area contributed by atoms with E-state index in [2.05, 4.69) is 0 Å². The molecule has 2 rings (SSSR count). The molecule has 0 aliphatic carbocycles. The molecule has 1 unspecified atom stereocenters. The number of aliphatic hydroxyl groups is 1. The number of likely N-dealkylation sites (tertiary alicyclic amines) is 1. The van der Waals surface area contributed by atoms with Gasteiger partial charge in [0.15, 0.2) is 6.61 Å². The lowest BCUT2D eigenvalue weighted by atomic mass is 10.1. The lowest BCUT2D eigenvalue weighted by Crippen LogP contribution is -2.36. The van der Waals surface area contributed by atoms with Crippen molar-refractivity contribution in [1.82, 2.24) is 4.90 Å². The van der Waals surface area contributed by atoms with Crippen molar-refractivity contribution in [1.29, 1.82) is 0 Å². The van der Waals surface area contributed by atoms with Crippen molar-refractivity contribution in [2.45, 2.75) is 25.9 Å². The lowest BCUT2D eigenvalue weighted by Gasteiger charge is -2.19. The molecule has 1 atom stereocenters. The molecule has 0 saturated carbocycles. The number of hydrogen-bond donors (Lipinski definition) is 1. The molecule has 110 valence electrons. The van der Waals surface area contributed by atoms with Gasteiger partial charge < -0.3 is 19.5 Å². The summed E-state index contributed by atoms with van der Waals surface area (Å²) < 4.78 is 10.8. The van der Waals surface area contributed by atoms with Crippen LogP contribution < -0.4 is 9.47 Å².